The normalized spacial score (nSPS) is 15.4. The molecule has 0 saturated carbocycles. The van der Waals surface area contributed by atoms with Crippen LogP contribution in [0, 0.1) is 0 Å². The molecule has 1 heterocycles. The summed E-state index contributed by atoms with van der Waals surface area (Å²) in [7, 11) is -2.39. The van der Waals surface area contributed by atoms with Crippen molar-refractivity contribution in [2.45, 2.75) is 30.3 Å². The molecule has 0 unspecified atom stereocenters. The largest absolute Gasteiger partial charge is 0.444 e. The van der Waals surface area contributed by atoms with Crippen LogP contribution in [-0.2, 0) is 19.6 Å². The molecule has 3 rings (SSSR count). The quantitative estimate of drug-likeness (QED) is 0.639. The topological polar surface area (TPSA) is 122 Å². The summed E-state index contributed by atoms with van der Waals surface area (Å²) < 4.78 is 32.7. The molecule has 32 heavy (non-hydrogen) atoms. The lowest BCUT2D eigenvalue weighted by Crippen LogP contribution is -2.41. The van der Waals surface area contributed by atoms with Crippen molar-refractivity contribution in [2.75, 3.05) is 20.1 Å². The average Bonchev–Trinajstić information content (AvgIpc) is 2.83. The van der Waals surface area contributed by atoms with Crippen LogP contribution >= 0.6 is 0 Å². The van der Waals surface area contributed by atoms with Crippen LogP contribution in [0.1, 0.15) is 41.3 Å². The number of hydrogen-bond donors (Lipinski definition) is 2. The number of benzene rings is 2. The molecule has 0 radical (unpaired) electrons. The van der Waals surface area contributed by atoms with Crippen molar-refractivity contribution in [2.24, 2.45) is 0 Å². The summed E-state index contributed by atoms with van der Waals surface area (Å²) in [6.07, 6.45) is 1.17. The fourth-order valence-corrected chi connectivity index (χ4v) is 4.92. The molecule has 170 valence electrons. The molecule has 1 fully saturated rings. The standard InChI is InChI=1S/C22H25N3O6S/c1-23-22(28)24-20(26)19(16-9-4-2-5-10-16)31-21(27)17-11-8-12-18(15-17)32(29,30)25-13-6-3-7-14-25/h2,4-5,8-12,15,19H,3,6-7,13-14H2,1H3,(H2,23,24,26,28)/t19-/m0/s1. The molecule has 2 aromatic carbocycles. The van der Waals surface area contributed by atoms with Gasteiger partial charge >= 0.3 is 12.0 Å². The van der Waals surface area contributed by atoms with E-state index in [9.17, 15) is 22.8 Å². The highest BCUT2D eigenvalue weighted by atomic mass is 32.2. The smallest absolute Gasteiger partial charge is 0.339 e. The van der Waals surface area contributed by atoms with Crippen LogP contribution in [0.15, 0.2) is 59.5 Å². The Hall–Kier alpha value is -3.24. The predicted molar refractivity (Wildman–Crippen MR) is 116 cm³/mol. The van der Waals surface area contributed by atoms with Crippen molar-refractivity contribution in [1.82, 2.24) is 14.9 Å². The number of urea groups is 1. The maximum atomic E-state index is 12.9. The van der Waals surface area contributed by atoms with Crippen LogP contribution in [0.5, 0.6) is 0 Å². The van der Waals surface area contributed by atoms with Crippen molar-refractivity contribution >= 4 is 27.9 Å². The monoisotopic (exact) mass is 459 g/mol. The third kappa shape index (κ3) is 5.51. The van der Waals surface area contributed by atoms with Crippen molar-refractivity contribution in [3.63, 3.8) is 0 Å². The van der Waals surface area contributed by atoms with Gasteiger partial charge in [0.05, 0.1) is 10.5 Å². The number of rotatable bonds is 6. The van der Waals surface area contributed by atoms with E-state index in [1.54, 1.807) is 30.3 Å². The maximum absolute atomic E-state index is 12.9. The second-order valence-electron chi connectivity index (χ2n) is 7.26. The molecule has 3 amide bonds. The van der Waals surface area contributed by atoms with Crippen LogP contribution < -0.4 is 10.6 Å². The van der Waals surface area contributed by atoms with Gasteiger partial charge in [0.2, 0.25) is 16.1 Å². The van der Waals surface area contributed by atoms with E-state index in [-0.39, 0.29) is 10.5 Å². The van der Waals surface area contributed by atoms with E-state index in [2.05, 4.69) is 10.6 Å². The zero-order valence-electron chi connectivity index (χ0n) is 17.6. The molecule has 0 aliphatic carbocycles. The Bertz CT molecular complexity index is 1080. The van der Waals surface area contributed by atoms with E-state index in [1.165, 1.54) is 35.6 Å². The van der Waals surface area contributed by atoms with Crippen LogP contribution in [-0.4, -0.2) is 50.8 Å². The summed E-state index contributed by atoms with van der Waals surface area (Å²) in [5, 5.41) is 4.35. The number of nitrogens with zero attached hydrogens (tertiary/aromatic N) is 1. The summed E-state index contributed by atoms with van der Waals surface area (Å²) in [6.45, 7) is 0.875. The Morgan fingerprint density at radius 2 is 1.66 bits per heavy atom. The van der Waals surface area contributed by atoms with E-state index in [0.717, 1.165) is 19.3 Å². The van der Waals surface area contributed by atoms with Gasteiger partial charge in [0.1, 0.15) is 0 Å². The van der Waals surface area contributed by atoms with E-state index in [1.807, 2.05) is 0 Å². The van der Waals surface area contributed by atoms with Gasteiger partial charge in [-0.25, -0.2) is 18.0 Å². The van der Waals surface area contributed by atoms with Crippen molar-refractivity contribution in [3.8, 4) is 0 Å². The SMILES string of the molecule is CNC(=O)NC(=O)[C@@H](OC(=O)c1cccc(S(=O)(=O)N2CCCCC2)c1)c1ccccc1. The zero-order valence-corrected chi connectivity index (χ0v) is 18.4. The van der Waals surface area contributed by atoms with Crippen LogP contribution in [0.4, 0.5) is 4.79 Å². The maximum Gasteiger partial charge on any atom is 0.339 e. The number of sulfonamides is 1. The molecule has 1 aliphatic heterocycles. The van der Waals surface area contributed by atoms with E-state index >= 15 is 0 Å². The molecule has 1 saturated heterocycles. The fourth-order valence-electron chi connectivity index (χ4n) is 3.35. The van der Waals surface area contributed by atoms with Gasteiger partial charge in [0, 0.05) is 25.7 Å². The molecule has 2 aromatic rings. The van der Waals surface area contributed by atoms with Gasteiger partial charge in [-0.2, -0.15) is 4.31 Å². The van der Waals surface area contributed by atoms with Crippen LogP contribution in [0.2, 0.25) is 0 Å². The summed E-state index contributed by atoms with van der Waals surface area (Å²) in [6, 6.07) is 13.0. The van der Waals surface area contributed by atoms with Crippen molar-refractivity contribution < 1.29 is 27.5 Å². The Balaban J connectivity index is 1.84. The van der Waals surface area contributed by atoms with Gasteiger partial charge in [-0.3, -0.25) is 10.1 Å². The molecule has 0 spiro atoms. The van der Waals surface area contributed by atoms with E-state index in [0.29, 0.717) is 18.7 Å². The summed E-state index contributed by atoms with van der Waals surface area (Å²) >= 11 is 0. The van der Waals surface area contributed by atoms with Crippen LogP contribution in [0.3, 0.4) is 0 Å². The lowest BCUT2D eigenvalue weighted by atomic mass is 10.1. The zero-order chi connectivity index (χ0) is 23.1. The Labute approximate surface area is 186 Å². The summed E-state index contributed by atoms with van der Waals surface area (Å²) in [5.41, 5.74) is 0.344. The average molecular weight is 460 g/mol. The lowest BCUT2D eigenvalue weighted by molar-refractivity contribution is -0.129. The number of piperidine rings is 1. The first-order valence-electron chi connectivity index (χ1n) is 10.2. The van der Waals surface area contributed by atoms with Crippen molar-refractivity contribution in [1.29, 1.82) is 0 Å². The van der Waals surface area contributed by atoms with Gasteiger partial charge < -0.3 is 10.1 Å². The predicted octanol–water partition coefficient (Wildman–Crippen LogP) is 2.21. The number of ether oxygens (including phenoxy) is 1. The molecule has 10 heteroatoms. The van der Waals surface area contributed by atoms with Crippen LogP contribution in [0.25, 0.3) is 0 Å². The van der Waals surface area contributed by atoms with Crippen molar-refractivity contribution in [3.05, 3.63) is 65.7 Å². The van der Waals surface area contributed by atoms with Gasteiger partial charge in [-0.1, -0.05) is 42.8 Å². The number of esters is 1. The van der Waals surface area contributed by atoms with Gasteiger partial charge in [-0.15, -0.1) is 0 Å². The highest BCUT2D eigenvalue weighted by molar-refractivity contribution is 7.89. The molecule has 1 atom stereocenters. The third-order valence-electron chi connectivity index (χ3n) is 5.05. The first kappa shape index (κ1) is 23.4. The summed E-state index contributed by atoms with van der Waals surface area (Å²) in [4.78, 5) is 36.9. The molecule has 1 aliphatic rings. The number of carbonyl (C=O) groups is 3. The number of amides is 3. The molecular formula is C22H25N3O6S. The lowest BCUT2D eigenvalue weighted by Gasteiger charge is -2.26. The van der Waals surface area contributed by atoms with E-state index in [4.69, 9.17) is 4.74 Å². The first-order valence-corrected chi connectivity index (χ1v) is 11.7. The second-order valence-corrected chi connectivity index (χ2v) is 9.19. The second kappa shape index (κ2) is 10.4. The minimum atomic E-state index is -3.74. The number of imide groups is 1. The highest BCUT2D eigenvalue weighted by Crippen LogP contribution is 2.24. The van der Waals surface area contributed by atoms with Gasteiger partial charge in [0.25, 0.3) is 5.91 Å². The third-order valence-corrected chi connectivity index (χ3v) is 6.95. The Kier molecular flexibility index (Phi) is 7.60. The summed E-state index contributed by atoms with van der Waals surface area (Å²) in [5.74, 6) is -1.72. The Morgan fingerprint density at radius 1 is 0.969 bits per heavy atom. The molecule has 2 N–H and O–H groups in total. The Morgan fingerprint density at radius 3 is 2.31 bits per heavy atom. The van der Waals surface area contributed by atoms with Gasteiger partial charge in [0.15, 0.2) is 0 Å². The number of carbonyl (C=O) groups excluding carboxylic acids is 3. The number of hydrogen-bond acceptors (Lipinski definition) is 6. The highest BCUT2D eigenvalue weighted by Gasteiger charge is 2.29. The number of nitrogens with one attached hydrogen (secondary N) is 2. The first-order chi connectivity index (χ1) is 15.3. The van der Waals surface area contributed by atoms with E-state index < -0.39 is 34.0 Å². The molecule has 9 nitrogen and oxygen atoms in total. The molecule has 0 aromatic heterocycles. The molecular weight excluding hydrogens is 434 g/mol. The minimum absolute atomic E-state index is 0.0140. The minimum Gasteiger partial charge on any atom is -0.444 e. The molecule has 0 bridgehead atoms. The van der Waals surface area contributed by atoms with Gasteiger partial charge in [-0.05, 0) is 31.0 Å². The fraction of sp³-hybridized carbons (Fsp3) is 0.318.